The van der Waals surface area contributed by atoms with Crippen LogP contribution in [0.15, 0.2) is 95.9 Å². The molecule has 0 radical (unpaired) electrons. The third kappa shape index (κ3) is 5.11. The summed E-state index contributed by atoms with van der Waals surface area (Å²) in [6.07, 6.45) is 5.47. The lowest BCUT2D eigenvalue weighted by molar-refractivity contribution is -0.127. The fraction of sp³-hybridized carbons (Fsp3) is 0.179. The first-order chi connectivity index (χ1) is 18.2. The molecule has 0 saturated heterocycles. The van der Waals surface area contributed by atoms with Gasteiger partial charge in [-0.15, -0.1) is 5.10 Å². The second-order valence-electron chi connectivity index (χ2n) is 8.47. The fourth-order valence-electron chi connectivity index (χ4n) is 4.34. The Bertz CT molecular complexity index is 1500. The van der Waals surface area contributed by atoms with Gasteiger partial charge in [0.15, 0.2) is 0 Å². The summed E-state index contributed by atoms with van der Waals surface area (Å²) in [5.41, 5.74) is 3.60. The maximum Gasteiger partial charge on any atom is 0.249 e. The first-order valence-electron chi connectivity index (χ1n) is 12.0. The van der Waals surface area contributed by atoms with E-state index in [1.165, 1.54) is 0 Å². The van der Waals surface area contributed by atoms with Crippen LogP contribution < -0.4 is 10.2 Å². The average molecular weight is 495 g/mol. The van der Waals surface area contributed by atoms with E-state index in [1.807, 2.05) is 55.5 Å². The van der Waals surface area contributed by atoms with Gasteiger partial charge in [0.2, 0.25) is 11.8 Å². The topological polar surface area (TPSA) is 106 Å². The number of fused-ring (bicyclic) bond motifs is 1. The van der Waals surface area contributed by atoms with Gasteiger partial charge in [0.05, 0.1) is 18.3 Å². The summed E-state index contributed by atoms with van der Waals surface area (Å²) in [6.45, 7) is 2.11. The fourth-order valence-corrected chi connectivity index (χ4v) is 4.34. The van der Waals surface area contributed by atoms with Crippen molar-refractivity contribution in [2.24, 2.45) is 0 Å². The highest BCUT2D eigenvalue weighted by Gasteiger charge is 2.34. The molecule has 0 unspecified atom stereocenters. The number of carbonyl (C=O) groups is 2. The zero-order chi connectivity index (χ0) is 25.6. The van der Waals surface area contributed by atoms with Gasteiger partial charge in [0, 0.05) is 23.6 Å². The number of furan rings is 1. The number of nitrogens with one attached hydrogen (secondary N) is 1. The molecule has 1 atom stereocenters. The molecule has 3 aromatic heterocycles. The van der Waals surface area contributed by atoms with Gasteiger partial charge in [-0.3, -0.25) is 19.5 Å². The molecule has 2 amide bonds. The Kier molecular flexibility index (Phi) is 7.02. The lowest BCUT2D eigenvalue weighted by Gasteiger charge is -2.32. The van der Waals surface area contributed by atoms with Crippen LogP contribution in [-0.4, -0.2) is 31.8 Å². The molecule has 37 heavy (non-hydrogen) atoms. The third-order valence-electron chi connectivity index (χ3n) is 6.13. The molecule has 186 valence electrons. The predicted molar refractivity (Wildman–Crippen MR) is 138 cm³/mol. The molecule has 5 rings (SSSR count). The van der Waals surface area contributed by atoms with Crippen molar-refractivity contribution in [1.29, 1.82) is 0 Å². The van der Waals surface area contributed by atoms with Crippen LogP contribution in [0, 0.1) is 0 Å². The number of benzene rings is 2. The smallest absolute Gasteiger partial charge is 0.249 e. The van der Waals surface area contributed by atoms with Crippen LogP contribution in [0.3, 0.4) is 0 Å². The molecule has 1 N–H and O–H groups in total. The second kappa shape index (κ2) is 10.9. The van der Waals surface area contributed by atoms with Crippen LogP contribution in [0.2, 0.25) is 0 Å². The molecule has 0 aliphatic rings. The Morgan fingerprint density at radius 2 is 1.86 bits per heavy atom. The summed E-state index contributed by atoms with van der Waals surface area (Å²) < 4.78 is 6.94. The molecule has 0 bridgehead atoms. The number of hydrogen-bond acceptors (Lipinski definition) is 6. The van der Waals surface area contributed by atoms with Crippen molar-refractivity contribution in [1.82, 2.24) is 25.3 Å². The van der Waals surface area contributed by atoms with E-state index in [-0.39, 0.29) is 24.9 Å². The summed E-state index contributed by atoms with van der Waals surface area (Å²) in [7, 11) is 0. The van der Waals surface area contributed by atoms with Gasteiger partial charge >= 0.3 is 0 Å². The van der Waals surface area contributed by atoms with Crippen molar-refractivity contribution < 1.29 is 14.0 Å². The number of aromatic nitrogens is 4. The monoisotopic (exact) mass is 494 g/mol. The average Bonchev–Trinajstić information content (AvgIpc) is 3.61. The van der Waals surface area contributed by atoms with E-state index in [0.717, 1.165) is 11.1 Å². The molecule has 0 aliphatic carbocycles. The Labute approximate surface area is 213 Å². The van der Waals surface area contributed by atoms with Gasteiger partial charge in [-0.25, -0.2) is 4.68 Å². The van der Waals surface area contributed by atoms with Crippen LogP contribution in [0.4, 0.5) is 5.69 Å². The number of pyridine rings is 1. The van der Waals surface area contributed by atoms with Crippen molar-refractivity contribution in [2.45, 2.75) is 32.5 Å². The summed E-state index contributed by atoms with van der Waals surface area (Å²) in [6, 6.07) is 21.2. The standard InChI is InChI=1S/C28H26N6O3/c1-2-20-9-3-5-13-24(20)34(26(35)19-33-25-14-6-4-12-23(25)31-32-33)27(21-10-7-15-29-17-21)28(36)30-18-22-11-8-16-37-22/h3-17,27H,2,18-19H2,1H3,(H,30,36)/t27-/m0/s1. The molecule has 2 aromatic carbocycles. The maximum absolute atomic E-state index is 14.1. The van der Waals surface area contributed by atoms with Crippen LogP contribution in [0.1, 0.15) is 29.9 Å². The number of rotatable bonds is 9. The Morgan fingerprint density at radius 1 is 1.03 bits per heavy atom. The van der Waals surface area contributed by atoms with E-state index in [1.54, 1.807) is 52.5 Å². The minimum Gasteiger partial charge on any atom is -0.467 e. The zero-order valence-electron chi connectivity index (χ0n) is 20.3. The van der Waals surface area contributed by atoms with Crippen molar-refractivity contribution >= 4 is 28.5 Å². The van der Waals surface area contributed by atoms with E-state index in [4.69, 9.17) is 4.42 Å². The van der Waals surface area contributed by atoms with Gasteiger partial charge in [-0.1, -0.05) is 48.5 Å². The Balaban J connectivity index is 1.57. The molecule has 0 spiro atoms. The minimum absolute atomic E-state index is 0.0964. The first-order valence-corrected chi connectivity index (χ1v) is 12.0. The maximum atomic E-state index is 14.1. The predicted octanol–water partition coefficient (Wildman–Crippen LogP) is 4.07. The summed E-state index contributed by atoms with van der Waals surface area (Å²) in [5, 5.41) is 11.3. The number of carbonyl (C=O) groups excluding carboxylic acids is 2. The van der Waals surface area contributed by atoms with Crippen molar-refractivity contribution in [3.8, 4) is 0 Å². The molecule has 9 heteroatoms. The Hall–Kier alpha value is -4.79. The molecule has 0 fully saturated rings. The second-order valence-corrected chi connectivity index (χ2v) is 8.47. The summed E-state index contributed by atoms with van der Waals surface area (Å²) in [5.74, 6) is -0.0510. The molecular weight excluding hydrogens is 468 g/mol. The van der Waals surface area contributed by atoms with Crippen LogP contribution in [0.25, 0.3) is 11.0 Å². The highest BCUT2D eigenvalue weighted by atomic mass is 16.3. The summed E-state index contributed by atoms with van der Waals surface area (Å²) in [4.78, 5) is 33.6. The van der Waals surface area contributed by atoms with E-state index < -0.39 is 6.04 Å². The lowest BCUT2D eigenvalue weighted by Crippen LogP contribution is -2.45. The van der Waals surface area contributed by atoms with E-state index >= 15 is 0 Å². The van der Waals surface area contributed by atoms with Crippen molar-refractivity contribution in [3.05, 3.63) is 108 Å². The van der Waals surface area contributed by atoms with Crippen LogP contribution in [-0.2, 0) is 29.1 Å². The van der Waals surface area contributed by atoms with Gasteiger partial charge in [0.1, 0.15) is 23.9 Å². The number of anilines is 1. The van der Waals surface area contributed by atoms with E-state index in [9.17, 15) is 9.59 Å². The SMILES string of the molecule is CCc1ccccc1N(C(=O)Cn1nnc2ccccc21)[C@H](C(=O)NCc1ccco1)c1cccnc1. The number of aryl methyl sites for hydroxylation is 1. The van der Waals surface area contributed by atoms with Gasteiger partial charge < -0.3 is 9.73 Å². The number of amides is 2. The third-order valence-corrected chi connectivity index (χ3v) is 6.13. The first kappa shape index (κ1) is 23.9. The van der Waals surface area contributed by atoms with Crippen LogP contribution in [0.5, 0.6) is 0 Å². The molecule has 0 aliphatic heterocycles. The molecule has 3 heterocycles. The molecule has 9 nitrogen and oxygen atoms in total. The highest BCUT2D eigenvalue weighted by molar-refractivity contribution is 6.02. The van der Waals surface area contributed by atoms with Crippen molar-refractivity contribution in [2.75, 3.05) is 4.90 Å². The normalized spacial score (nSPS) is 11.8. The van der Waals surface area contributed by atoms with Crippen LogP contribution >= 0.6 is 0 Å². The quantitative estimate of drug-likeness (QED) is 0.331. The molecule has 0 saturated carbocycles. The van der Waals surface area contributed by atoms with Gasteiger partial charge in [-0.2, -0.15) is 0 Å². The summed E-state index contributed by atoms with van der Waals surface area (Å²) >= 11 is 0. The van der Waals surface area contributed by atoms with E-state index in [0.29, 0.717) is 28.9 Å². The zero-order valence-corrected chi connectivity index (χ0v) is 20.3. The lowest BCUT2D eigenvalue weighted by atomic mass is 10.0. The van der Waals surface area contributed by atoms with Gasteiger partial charge in [0.25, 0.3) is 0 Å². The van der Waals surface area contributed by atoms with Gasteiger partial charge in [-0.05, 0) is 48.4 Å². The van der Waals surface area contributed by atoms with E-state index in [2.05, 4.69) is 20.6 Å². The minimum atomic E-state index is -0.973. The van der Waals surface area contributed by atoms with Crippen molar-refractivity contribution in [3.63, 3.8) is 0 Å². The number of hydrogen-bond donors (Lipinski definition) is 1. The largest absolute Gasteiger partial charge is 0.467 e. The number of para-hydroxylation sites is 2. The Morgan fingerprint density at radius 3 is 2.65 bits per heavy atom. The molecule has 5 aromatic rings. The number of nitrogens with zero attached hydrogens (tertiary/aromatic N) is 5. The highest BCUT2D eigenvalue weighted by Crippen LogP contribution is 2.31. The molecular formula is C28H26N6O3.